The number of hydrogen-bond donors (Lipinski definition) is 0. The average Bonchev–Trinajstić information content (AvgIpc) is 2.28. The van der Waals surface area contributed by atoms with E-state index in [-0.39, 0.29) is 12.3 Å². The first-order valence-corrected chi connectivity index (χ1v) is 5.84. The van der Waals surface area contributed by atoms with Gasteiger partial charge in [0.2, 0.25) is 0 Å². The number of rotatable bonds is 5. The van der Waals surface area contributed by atoms with E-state index in [1.165, 1.54) is 0 Å². The zero-order chi connectivity index (χ0) is 12.8. The fourth-order valence-electron chi connectivity index (χ4n) is 1.49. The Morgan fingerprint density at radius 3 is 2.65 bits per heavy atom. The summed E-state index contributed by atoms with van der Waals surface area (Å²) in [7, 11) is 0. The standard InChI is InChI=1S/C12H11Cl2NO2/c13-10-5-4-8(6-11(10)14)9(7-15)2-1-3-12(16)17/h4-6,9H,1-3H2,(H,16,17)/p-1. The summed E-state index contributed by atoms with van der Waals surface area (Å²) in [4.78, 5) is 10.3. The number of aliphatic carboxylic acids is 1. The molecule has 0 aliphatic rings. The highest BCUT2D eigenvalue weighted by molar-refractivity contribution is 6.42. The van der Waals surface area contributed by atoms with Crippen LogP contribution in [0.2, 0.25) is 10.0 Å². The predicted molar refractivity (Wildman–Crippen MR) is 63.7 cm³/mol. The monoisotopic (exact) mass is 270 g/mol. The van der Waals surface area contributed by atoms with Gasteiger partial charge in [0.05, 0.1) is 22.0 Å². The van der Waals surface area contributed by atoms with Crippen LogP contribution in [-0.4, -0.2) is 5.97 Å². The molecule has 0 spiro atoms. The van der Waals surface area contributed by atoms with Gasteiger partial charge in [-0.15, -0.1) is 0 Å². The minimum atomic E-state index is -1.10. The van der Waals surface area contributed by atoms with Crippen LogP contribution in [0.5, 0.6) is 0 Å². The Kier molecular flexibility index (Phi) is 5.27. The Morgan fingerprint density at radius 2 is 2.12 bits per heavy atom. The molecule has 0 aliphatic carbocycles. The van der Waals surface area contributed by atoms with Crippen molar-refractivity contribution in [3.8, 4) is 6.07 Å². The van der Waals surface area contributed by atoms with Crippen molar-refractivity contribution in [1.82, 2.24) is 0 Å². The molecule has 90 valence electrons. The van der Waals surface area contributed by atoms with Gasteiger partial charge >= 0.3 is 0 Å². The second-order valence-electron chi connectivity index (χ2n) is 3.62. The molecule has 0 aromatic heterocycles. The Morgan fingerprint density at radius 1 is 1.41 bits per heavy atom. The molecular weight excluding hydrogens is 261 g/mol. The van der Waals surface area contributed by atoms with Crippen molar-refractivity contribution >= 4 is 29.2 Å². The molecule has 1 unspecified atom stereocenters. The van der Waals surface area contributed by atoms with Gasteiger partial charge in [-0.25, -0.2) is 0 Å². The summed E-state index contributed by atoms with van der Waals surface area (Å²) >= 11 is 11.6. The molecule has 1 rings (SSSR count). The Hall–Kier alpha value is -1.24. The summed E-state index contributed by atoms with van der Waals surface area (Å²) in [5.41, 5.74) is 0.750. The molecule has 0 saturated heterocycles. The Labute approximate surface area is 110 Å². The van der Waals surface area contributed by atoms with Crippen LogP contribution in [0, 0.1) is 11.3 Å². The molecule has 1 atom stereocenters. The van der Waals surface area contributed by atoms with Crippen LogP contribution >= 0.6 is 23.2 Å². The minimum absolute atomic E-state index is 0.0422. The molecule has 17 heavy (non-hydrogen) atoms. The first-order chi connectivity index (χ1) is 8.04. The van der Waals surface area contributed by atoms with E-state index < -0.39 is 5.97 Å². The zero-order valence-corrected chi connectivity index (χ0v) is 10.5. The molecule has 0 amide bonds. The van der Waals surface area contributed by atoms with E-state index in [1.54, 1.807) is 18.2 Å². The number of nitrogens with zero attached hydrogens (tertiary/aromatic N) is 1. The SMILES string of the molecule is N#CC(CCCC(=O)[O-])c1ccc(Cl)c(Cl)c1. The molecule has 3 nitrogen and oxygen atoms in total. The summed E-state index contributed by atoms with van der Waals surface area (Å²) in [6, 6.07) is 7.11. The third-order valence-electron chi connectivity index (χ3n) is 2.38. The van der Waals surface area contributed by atoms with Gasteiger partial charge in [-0.3, -0.25) is 0 Å². The smallest absolute Gasteiger partial charge is 0.0713 e. The van der Waals surface area contributed by atoms with Crippen LogP contribution in [0.3, 0.4) is 0 Å². The normalized spacial score (nSPS) is 11.8. The number of carbonyl (C=O) groups is 1. The van der Waals surface area contributed by atoms with E-state index in [9.17, 15) is 9.90 Å². The van der Waals surface area contributed by atoms with Crippen molar-refractivity contribution in [2.75, 3.05) is 0 Å². The predicted octanol–water partition coefficient (Wildman–Crippen LogP) is 2.52. The van der Waals surface area contributed by atoms with Gasteiger partial charge in [0.25, 0.3) is 0 Å². The van der Waals surface area contributed by atoms with Crippen molar-refractivity contribution in [3.05, 3.63) is 33.8 Å². The first kappa shape index (κ1) is 13.8. The molecule has 0 fully saturated rings. The van der Waals surface area contributed by atoms with Gasteiger partial charge in [0, 0.05) is 5.97 Å². The van der Waals surface area contributed by atoms with Crippen LogP contribution in [-0.2, 0) is 4.79 Å². The van der Waals surface area contributed by atoms with Crippen LogP contribution in [0.1, 0.15) is 30.7 Å². The van der Waals surface area contributed by atoms with E-state index in [2.05, 4.69) is 6.07 Å². The molecule has 0 saturated carbocycles. The highest BCUT2D eigenvalue weighted by atomic mass is 35.5. The number of carbonyl (C=O) groups excluding carboxylic acids is 1. The minimum Gasteiger partial charge on any atom is -0.550 e. The van der Waals surface area contributed by atoms with Crippen LogP contribution in [0.15, 0.2) is 18.2 Å². The maximum atomic E-state index is 10.3. The van der Waals surface area contributed by atoms with Gasteiger partial charge in [0.15, 0.2) is 0 Å². The van der Waals surface area contributed by atoms with E-state index in [4.69, 9.17) is 28.5 Å². The van der Waals surface area contributed by atoms with Gasteiger partial charge < -0.3 is 9.90 Å². The maximum absolute atomic E-state index is 10.3. The molecule has 0 radical (unpaired) electrons. The van der Waals surface area contributed by atoms with E-state index in [0.29, 0.717) is 22.9 Å². The lowest BCUT2D eigenvalue weighted by Gasteiger charge is -2.10. The maximum Gasteiger partial charge on any atom is 0.0713 e. The van der Waals surface area contributed by atoms with Gasteiger partial charge in [-0.1, -0.05) is 29.3 Å². The Bertz CT molecular complexity index is 454. The van der Waals surface area contributed by atoms with Crippen molar-refractivity contribution in [3.63, 3.8) is 0 Å². The number of carboxylic acid groups (broad SMARTS) is 1. The number of hydrogen-bond acceptors (Lipinski definition) is 3. The number of benzene rings is 1. The van der Waals surface area contributed by atoms with Crippen molar-refractivity contribution in [1.29, 1.82) is 5.26 Å². The number of carboxylic acids is 1. The summed E-state index contributed by atoms with van der Waals surface area (Å²) < 4.78 is 0. The molecular formula is C12H10Cl2NO2-. The van der Waals surface area contributed by atoms with E-state index in [0.717, 1.165) is 5.56 Å². The molecule has 0 heterocycles. The van der Waals surface area contributed by atoms with E-state index >= 15 is 0 Å². The molecule has 5 heteroatoms. The highest BCUT2D eigenvalue weighted by Crippen LogP contribution is 2.28. The lowest BCUT2D eigenvalue weighted by atomic mass is 9.95. The number of halogens is 2. The fourth-order valence-corrected chi connectivity index (χ4v) is 1.79. The second kappa shape index (κ2) is 6.48. The molecule has 1 aromatic carbocycles. The quantitative estimate of drug-likeness (QED) is 0.826. The van der Waals surface area contributed by atoms with Gasteiger partial charge in [-0.2, -0.15) is 5.26 Å². The zero-order valence-electron chi connectivity index (χ0n) is 8.95. The average molecular weight is 271 g/mol. The summed E-state index contributed by atoms with van der Waals surface area (Å²) in [5, 5.41) is 20.1. The fraction of sp³-hybridized carbons (Fsp3) is 0.333. The summed E-state index contributed by atoms with van der Waals surface area (Å²) in [5.74, 6) is -1.47. The lowest BCUT2D eigenvalue weighted by molar-refractivity contribution is -0.305. The molecule has 1 aromatic rings. The second-order valence-corrected chi connectivity index (χ2v) is 4.43. The Balaban J connectivity index is 2.70. The van der Waals surface area contributed by atoms with E-state index in [1.807, 2.05) is 0 Å². The van der Waals surface area contributed by atoms with Crippen LogP contribution in [0.4, 0.5) is 0 Å². The topological polar surface area (TPSA) is 63.9 Å². The van der Waals surface area contributed by atoms with Crippen molar-refractivity contribution in [2.24, 2.45) is 0 Å². The van der Waals surface area contributed by atoms with Crippen molar-refractivity contribution < 1.29 is 9.90 Å². The third kappa shape index (κ3) is 4.26. The number of nitriles is 1. The highest BCUT2D eigenvalue weighted by Gasteiger charge is 2.11. The van der Waals surface area contributed by atoms with Crippen LogP contribution < -0.4 is 5.11 Å². The van der Waals surface area contributed by atoms with Gasteiger partial charge in [-0.05, 0) is 37.0 Å². The largest absolute Gasteiger partial charge is 0.550 e. The summed E-state index contributed by atoms with van der Waals surface area (Å²) in [6.07, 6.45) is 0.822. The van der Waals surface area contributed by atoms with Crippen LogP contribution in [0.25, 0.3) is 0 Å². The molecule has 0 bridgehead atoms. The van der Waals surface area contributed by atoms with Gasteiger partial charge in [0.1, 0.15) is 0 Å². The lowest BCUT2D eigenvalue weighted by Crippen LogP contribution is -2.21. The third-order valence-corrected chi connectivity index (χ3v) is 3.11. The van der Waals surface area contributed by atoms with Crippen molar-refractivity contribution in [2.45, 2.75) is 25.2 Å². The molecule has 0 N–H and O–H groups in total. The first-order valence-electron chi connectivity index (χ1n) is 5.09. The molecule has 0 aliphatic heterocycles. The summed E-state index contributed by atoms with van der Waals surface area (Å²) in [6.45, 7) is 0.